The number of nitrogens with one attached hydrogen (secondary N) is 2. The van der Waals surface area contributed by atoms with Crippen LogP contribution in [0.2, 0.25) is 0 Å². The van der Waals surface area contributed by atoms with Gasteiger partial charge in [-0.2, -0.15) is 0 Å². The number of halogens is 1. The summed E-state index contributed by atoms with van der Waals surface area (Å²) in [5.41, 5.74) is 7.29. The molecule has 0 spiro atoms. The molecule has 130 valence electrons. The third kappa shape index (κ3) is 4.24. The molecule has 4 amide bonds. The molecule has 1 aromatic rings. The Labute approximate surface area is 146 Å². The van der Waals surface area contributed by atoms with Crippen LogP contribution in [0.5, 0.6) is 0 Å². The van der Waals surface area contributed by atoms with Crippen molar-refractivity contribution in [2.45, 2.75) is 25.4 Å². The second-order valence-electron chi connectivity index (χ2n) is 6.05. The lowest BCUT2D eigenvalue weighted by atomic mass is 10.1. The number of nitrogens with two attached hydrogens (primary N) is 1. The molecular formula is C16H21ClN4O3. The number of rotatable bonds is 6. The van der Waals surface area contributed by atoms with Crippen LogP contribution < -0.4 is 16.4 Å². The molecule has 1 heterocycles. The van der Waals surface area contributed by atoms with Gasteiger partial charge in [-0.1, -0.05) is 12.1 Å². The van der Waals surface area contributed by atoms with Crippen molar-refractivity contribution in [1.82, 2.24) is 15.5 Å². The Bertz CT molecular complexity index is 615. The van der Waals surface area contributed by atoms with E-state index < -0.39 is 0 Å². The summed E-state index contributed by atoms with van der Waals surface area (Å²) in [6.07, 6.45) is 2.29. The fourth-order valence-electron chi connectivity index (χ4n) is 2.56. The predicted molar refractivity (Wildman–Crippen MR) is 90.7 cm³/mol. The molecule has 0 radical (unpaired) electrons. The molecule has 1 aliphatic heterocycles. The molecule has 0 bridgehead atoms. The van der Waals surface area contributed by atoms with Gasteiger partial charge in [0.1, 0.15) is 0 Å². The van der Waals surface area contributed by atoms with Crippen LogP contribution in [0.1, 0.15) is 28.8 Å². The average Bonchev–Trinajstić information content (AvgIpc) is 3.36. The fourth-order valence-corrected chi connectivity index (χ4v) is 2.56. The van der Waals surface area contributed by atoms with Crippen molar-refractivity contribution in [3.8, 4) is 0 Å². The summed E-state index contributed by atoms with van der Waals surface area (Å²) in [7, 11) is 0. The standard InChI is InChI=1S/C16H20N4O3.ClH/c17-13(11-5-6-11)7-18-15(22)12-3-1-10(2-4-12)9-20-14(21)8-19-16(20)23;/h1-4,11,13H,5-9,17H2,(H,18,22)(H,19,23);1H. The number of carbonyl (C=O) groups is 3. The van der Waals surface area contributed by atoms with Gasteiger partial charge in [-0.25, -0.2) is 4.79 Å². The minimum Gasteiger partial charge on any atom is -0.350 e. The predicted octanol–water partition coefficient (Wildman–Crippen LogP) is 0.627. The van der Waals surface area contributed by atoms with E-state index in [4.69, 9.17) is 5.73 Å². The van der Waals surface area contributed by atoms with Gasteiger partial charge >= 0.3 is 6.03 Å². The number of nitrogens with zero attached hydrogens (tertiary/aromatic N) is 1. The Morgan fingerprint density at radius 3 is 2.50 bits per heavy atom. The van der Waals surface area contributed by atoms with Crippen molar-refractivity contribution in [1.29, 1.82) is 0 Å². The molecule has 8 heteroatoms. The number of hydrogen-bond acceptors (Lipinski definition) is 4. The van der Waals surface area contributed by atoms with Gasteiger partial charge in [-0.05, 0) is 36.5 Å². The normalized spacial score (nSPS) is 18.0. The van der Waals surface area contributed by atoms with Crippen LogP contribution in [-0.4, -0.2) is 41.9 Å². The lowest BCUT2D eigenvalue weighted by Crippen LogP contribution is -2.38. The SMILES string of the molecule is Cl.NC(CNC(=O)c1ccc(CN2C(=O)CNC2=O)cc1)C1CC1. The summed E-state index contributed by atoms with van der Waals surface area (Å²) in [5.74, 6) is 0.135. The van der Waals surface area contributed by atoms with Crippen LogP contribution in [0, 0.1) is 5.92 Å². The summed E-state index contributed by atoms with van der Waals surface area (Å²) in [5, 5.41) is 5.31. The summed E-state index contributed by atoms with van der Waals surface area (Å²) in [4.78, 5) is 36.2. The molecule has 2 aliphatic rings. The van der Waals surface area contributed by atoms with Crippen molar-refractivity contribution >= 4 is 30.3 Å². The van der Waals surface area contributed by atoms with E-state index in [2.05, 4.69) is 10.6 Å². The average molecular weight is 353 g/mol. The molecule has 7 nitrogen and oxygen atoms in total. The van der Waals surface area contributed by atoms with Gasteiger partial charge in [-0.3, -0.25) is 14.5 Å². The molecule has 1 saturated heterocycles. The number of hydrogen-bond donors (Lipinski definition) is 3. The molecule has 0 aromatic heterocycles. The highest BCUT2D eigenvalue weighted by Crippen LogP contribution is 2.31. The number of carbonyl (C=O) groups excluding carboxylic acids is 3. The van der Waals surface area contributed by atoms with Crippen LogP contribution in [0.15, 0.2) is 24.3 Å². The molecule has 1 aromatic carbocycles. The molecule has 2 fully saturated rings. The van der Waals surface area contributed by atoms with E-state index in [-0.39, 0.29) is 49.4 Å². The fraction of sp³-hybridized carbons (Fsp3) is 0.438. The Morgan fingerprint density at radius 2 is 1.96 bits per heavy atom. The molecular weight excluding hydrogens is 332 g/mol. The first-order valence-electron chi connectivity index (χ1n) is 7.75. The second kappa shape index (κ2) is 7.63. The second-order valence-corrected chi connectivity index (χ2v) is 6.05. The summed E-state index contributed by atoms with van der Waals surface area (Å²) in [6.45, 7) is 0.730. The first kappa shape index (κ1) is 18.2. The third-order valence-electron chi connectivity index (χ3n) is 4.22. The van der Waals surface area contributed by atoms with E-state index in [1.54, 1.807) is 24.3 Å². The van der Waals surface area contributed by atoms with Crippen LogP contribution >= 0.6 is 12.4 Å². The van der Waals surface area contributed by atoms with E-state index in [0.717, 1.165) is 23.3 Å². The minimum absolute atomic E-state index is 0. The van der Waals surface area contributed by atoms with E-state index in [9.17, 15) is 14.4 Å². The van der Waals surface area contributed by atoms with Gasteiger partial charge in [0.25, 0.3) is 5.91 Å². The van der Waals surface area contributed by atoms with Crippen molar-refractivity contribution in [2.75, 3.05) is 13.1 Å². The zero-order valence-electron chi connectivity index (χ0n) is 13.2. The Morgan fingerprint density at radius 1 is 1.29 bits per heavy atom. The number of amides is 4. The first-order valence-corrected chi connectivity index (χ1v) is 7.75. The van der Waals surface area contributed by atoms with Crippen LogP contribution in [0.25, 0.3) is 0 Å². The number of imide groups is 1. The third-order valence-corrected chi connectivity index (χ3v) is 4.22. The lowest BCUT2D eigenvalue weighted by molar-refractivity contribution is -0.125. The molecule has 3 rings (SSSR count). The van der Waals surface area contributed by atoms with E-state index in [1.807, 2.05) is 0 Å². The minimum atomic E-state index is -0.383. The van der Waals surface area contributed by atoms with Gasteiger partial charge < -0.3 is 16.4 Å². The summed E-state index contributed by atoms with van der Waals surface area (Å²) in [6, 6.07) is 6.50. The van der Waals surface area contributed by atoms with Gasteiger partial charge in [-0.15, -0.1) is 12.4 Å². The maximum atomic E-state index is 12.1. The Balaban J connectivity index is 0.00000208. The van der Waals surface area contributed by atoms with E-state index >= 15 is 0 Å². The molecule has 1 aliphatic carbocycles. The maximum absolute atomic E-state index is 12.1. The Hall–Kier alpha value is -2.12. The van der Waals surface area contributed by atoms with Crippen molar-refractivity contribution < 1.29 is 14.4 Å². The highest BCUT2D eigenvalue weighted by atomic mass is 35.5. The molecule has 24 heavy (non-hydrogen) atoms. The molecule has 1 unspecified atom stereocenters. The molecule has 4 N–H and O–H groups in total. The largest absolute Gasteiger partial charge is 0.350 e. The number of benzene rings is 1. The Kier molecular flexibility index (Phi) is 5.80. The van der Waals surface area contributed by atoms with E-state index in [1.165, 1.54) is 0 Å². The lowest BCUT2D eigenvalue weighted by Gasteiger charge is -2.13. The summed E-state index contributed by atoms with van der Waals surface area (Å²) >= 11 is 0. The molecule has 1 atom stereocenters. The van der Waals surface area contributed by atoms with Gasteiger partial charge in [0, 0.05) is 18.2 Å². The van der Waals surface area contributed by atoms with Gasteiger partial charge in [0.15, 0.2) is 0 Å². The quantitative estimate of drug-likeness (QED) is 0.653. The van der Waals surface area contributed by atoms with Crippen LogP contribution in [0.3, 0.4) is 0 Å². The molecule has 1 saturated carbocycles. The smallest absolute Gasteiger partial charge is 0.324 e. The van der Waals surface area contributed by atoms with Crippen molar-refractivity contribution in [2.24, 2.45) is 11.7 Å². The monoisotopic (exact) mass is 352 g/mol. The highest BCUT2D eigenvalue weighted by Gasteiger charge is 2.29. The van der Waals surface area contributed by atoms with Gasteiger partial charge in [0.2, 0.25) is 5.91 Å². The highest BCUT2D eigenvalue weighted by molar-refractivity contribution is 6.01. The van der Waals surface area contributed by atoms with Crippen molar-refractivity contribution in [3.05, 3.63) is 35.4 Å². The zero-order chi connectivity index (χ0) is 16.4. The van der Waals surface area contributed by atoms with Crippen LogP contribution in [-0.2, 0) is 11.3 Å². The van der Waals surface area contributed by atoms with Gasteiger partial charge in [0.05, 0.1) is 13.1 Å². The summed E-state index contributed by atoms with van der Waals surface area (Å²) < 4.78 is 0. The first-order chi connectivity index (χ1) is 11.0. The van der Waals surface area contributed by atoms with Crippen LogP contribution in [0.4, 0.5) is 4.79 Å². The van der Waals surface area contributed by atoms with Crippen molar-refractivity contribution in [3.63, 3.8) is 0 Å². The van der Waals surface area contributed by atoms with E-state index in [0.29, 0.717) is 18.0 Å². The zero-order valence-corrected chi connectivity index (χ0v) is 14.0. The maximum Gasteiger partial charge on any atom is 0.324 e. The number of urea groups is 1. The topological polar surface area (TPSA) is 105 Å².